The van der Waals surface area contributed by atoms with Gasteiger partial charge in [0.15, 0.2) is 5.82 Å². The molecule has 0 radical (unpaired) electrons. The largest absolute Gasteiger partial charge is 0.378 e. The molecule has 1 saturated carbocycles. The van der Waals surface area contributed by atoms with E-state index in [2.05, 4.69) is 46.6 Å². The summed E-state index contributed by atoms with van der Waals surface area (Å²) in [5.74, 6) is 1.63. The maximum Gasteiger partial charge on any atom is 0.275 e. The Labute approximate surface area is 182 Å². The number of methoxy groups -OCH3 is 1. The maximum atomic E-state index is 12.6. The highest BCUT2D eigenvalue weighted by molar-refractivity contribution is 6.02. The van der Waals surface area contributed by atoms with Gasteiger partial charge in [-0.1, -0.05) is 19.9 Å². The van der Waals surface area contributed by atoms with Gasteiger partial charge in [0.25, 0.3) is 5.91 Å². The van der Waals surface area contributed by atoms with E-state index in [1.807, 2.05) is 12.3 Å². The van der Waals surface area contributed by atoms with E-state index in [1.54, 1.807) is 24.9 Å². The van der Waals surface area contributed by atoms with E-state index in [0.717, 1.165) is 25.0 Å². The van der Waals surface area contributed by atoms with Gasteiger partial charge in [-0.15, -0.1) is 0 Å². The van der Waals surface area contributed by atoms with E-state index in [0.29, 0.717) is 41.6 Å². The van der Waals surface area contributed by atoms with Gasteiger partial charge in [0.1, 0.15) is 5.69 Å². The number of amides is 1. The first-order valence-corrected chi connectivity index (χ1v) is 10.8. The van der Waals surface area contributed by atoms with E-state index >= 15 is 0 Å². The van der Waals surface area contributed by atoms with Crippen molar-refractivity contribution >= 4 is 11.7 Å². The molecule has 8 nitrogen and oxygen atoms in total. The van der Waals surface area contributed by atoms with Crippen LogP contribution in [-0.2, 0) is 18.4 Å². The van der Waals surface area contributed by atoms with Crippen LogP contribution in [0.1, 0.15) is 84.0 Å². The number of H-pyrrole nitrogens is 1. The molecular weight excluding hydrogens is 392 g/mol. The fraction of sp³-hybridized carbons (Fsp3) is 0.478. The number of pyridine rings is 1. The Kier molecular flexibility index (Phi) is 6.18. The Morgan fingerprint density at radius 1 is 1.29 bits per heavy atom. The normalized spacial score (nSPS) is 18.6. The molecule has 0 unspecified atom stereocenters. The Hall–Kier alpha value is -3.00. The molecule has 0 saturated heterocycles. The molecule has 0 aromatic carbocycles. The molecule has 3 aromatic rings. The van der Waals surface area contributed by atoms with Crippen LogP contribution in [0.25, 0.3) is 0 Å². The van der Waals surface area contributed by atoms with Gasteiger partial charge in [-0.2, -0.15) is 10.2 Å². The van der Waals surface area contributed by atoms with Crippen molar-refractivity contribution in [3.63, 3.8) is 0 Å². The standard InChI is InChI=1S/C23H30N6O2/c1-14(2)17-7-8-19(24-12-17)15-5-6-16(9-15)20-11-22(27-26-20)25-23(30)21-10-18(13-31-4)28-29(21)3/h7-8,10-12,14-16H,5-6,9,13H2,1-4H3,(H2,25,26,27,30)/t15-,16+/m1/s1. The quantitative estimate of drug-likeness (QED) is 0.597. The number of rotatable bonds is 7. The molecule has 2 atom stereocenters. The van der Waals surface area contributed by atoms with E-state index in [4.69, 9.17) is 9.72 Å². The van der Waals surface area contributed by atoms with Crippen LogP contribution in [0, 0.1) is 0 Å². The molecular formula is C23H30N6O2. The Bertz CT molecular complexity index is 1040. The fourth-order valence-corrected chi connectivity index (χ4v) is 4.28. The van der Waals surface area contributed by atoms with Gasteiger partial charge in [-0.05, 0) is 42.9 Å². The van der Waals surface area contributed by atoms with Crippen molar-refractivity contribution in [2.24, 2.45) is 7.05 Å². The number of hydrogen-bond acceptors (Lipinski definition) is 5. The molecule has 0 spiro atoms. The molecule has 4 rings (SSSR count). The van der Waals surface area contributed by atoms with Crippen molar-refractivity contribution in [1.82, 2.24) is 25.0 Å². The fourth-order valence-electron chi connectivity index (χ4n) is 4.28. The molecule has 3 heterocycles. The zero-order chi connectivity index (χ0) is 22.0. The molecule has 0 aliphatic heterocycles. The van der Waals surface area contributed by atoms with Crippen LogP contribution in [0.3, 0.4) is 0 Å². The Balaban J connectivity index is 1.38. The number of carbonyl (C=O) groups is 1. The summed E-state index contributed by atoms with van der Waals surface area (Å²) in [5.41, 5.74) is 4.68. The zero-order valence-corrected chi connectivity index (χ0v) is 18.6. The lowest BCUT2D eigenvalue weighted by atomic mass is 9.98. The monoisotopic (exact) mass is 422 g/mol. The number of aromatic nitrogens is 5. The van der Waals surface area contributed by atoms with Crippen molar-refractivity contribution in [2.45, 2.75) is 57.5 Å². The number of ether oxygens (including phenoxy) is 1. The molecule has 1 aliphatic carbocycles. The van der Waals surface area contributed by atoms with Crippen molar-refractivity contribution < 1.29 is 9.53 Å². The smallest absolute Gasteiger partial charge is 0.275 e. The molecule has 31 heavy (non-hydrogen) atoms. The Morgan fingerprint density at radius 3 is 2.81 bits per heavy atom. The van der Waals surface area contributed by atoms with Crippen LogP contribution in [0.5, 0.6) is 0 Å². The lowest BCUT2D eigenvalue weighted by Crippen LogP contribution is -2.16. The molecule has 1 fully saturated rings. The zero-order valence-electron chi connectivity index (χ0n) is 18.6. The second-order valence-corrected chi connectivity index (χ2v) is 8.62. The third-order valence-corrected chi connectivity index (χ3v) is 6.06. The van der Waals surface area contributed by atoms with Gasteiger partial charge < -0.3 is 10.1 Å². The number of anilines is 1. The van der Waals surface area contributed by atoms with Gasteiger partial charge in [0.05, 0.1) is 12.3 Å². The molecule has 3 aromatic heterocycles. The van der Waals surface area contributed by atoms with Crippen molar-refractivity contribution in [3.8, 4) is 0 Å². The van der Waals surface area contributed by atoms with Crippen molar-refractivity contribution in [2.75, 3.05) is 12.4 Å². The van der Waals surface area contributed by atoms with Crippen molar-refractivity contribution in [3.05, 3.63) is 58.8 Å². The highest BCUT2D eigenvalue weighted by atomic mass is 16.5. The summed E-state index contributed by atoms with van der Waals surface area (Å²) < 4.78 is 6.63. The summed E-state index contributed by atoms with van der Waals surface area (Å²) in [4.78, 5) is 17.3. The summed E-state index contributed by atoms with van der Waals surface area (Å²) in [6.07, 6.45) is 5.23. The first-order valence-electron chi connectivity index (χ1n) is 10.8. The Morgan fingerprint density at radius 2 is 2.10 bits per heavy atom. The molecule has 1 amide bonds. The van der Waals surface area contributed by atoms with Crippen LogP contribution < -0.4 is 5.32 Å². The lowest BCUT2D eigenvalue weighted by molar-refractivity contribution is 0.101. The van der Waals surface area contributed by atoms with E-state index in [1.165, 1.54) is 11.3 Å². The topological polar surface area (TPSA) is 97.7 Å². The molecule has 8 heteroatoms. The van der Waals surface area contributed by atoms with Crippen LogP contribution in [-0.4, -0.2) is 38.0 Å². The lowest BCUT2D eigenvalue weighted by Gasteiger charge is -2.11. The number of aryl methyl sites for hydroxylation is 1. The second kappa shape index (κ2) is 9.01. The predicted molar refractivity (Wildman–Crippen MR) is 118 cm³/mol. The third kappa shape index (κ3) is 4.69. The molecule has 1 aliphatic rings. The maximum absolute atomic E-state index is 12.6. The van der Waals surface area contributed by atoms with Gasteiger partial charge >= 0.3 is 0 Å². The minimum atomic E-state index is -0.242. The highest BCUT2D eigenvalue weighted by Gasteiger charge is 2.29. The number of hydrogen-bond donors (Lipinski definition) is 2. The van der Waals surface area contributed by atoms with Crippen LogP contribution in [0.4, 0.5) is 5.82 Å². The summed E-state index contributed by atoms with van der Waals surface area (Å²) in [6, 6.07) is 8.03. The minimum Gasteiger partial charge on any atom is -0.378 e. The van der Waals surface area contributed by atoms with E-state index in [9.17, 15) is 4.79 Å². The van der Waals surface area contributed by atoms with Gasteiger partial charge in [0, 0.05) is 49.6 Å². The van der Waals surface area contributed by atoms with Crippen LogP contribution in [0.2, 0.25) is 0 Å². The van der Waals surface area contributed by atoms with Gasteiger partial charge in [-0.25, -0.2) is 0 Å². The molecule has 164 valence electrons. The SMILES string of the molecule is COCc1cc(C(=O)Nc2cc([C@H]3CC[C@@H](c4ccc(C(C)C)cn4)C3)[nH]n2)n(C)n1. The molecule has 0 bridgehead atoms. The summed E-state index contributed by atoms with van der Waals surface area (Å²) in [6.45, 7) is 4.74. The average molecular weight is 423 g/mol. The van der Waals surface area contributed by atoms with Crippen LogP contribution >= 0.6 is 0 Å². The van der Waals surface area contributed by atoms with Crippen molar-refractivity contribution in [1.29, 1.82) is 0 Å². The summed E-state index contributed by atoms with van der Waals surface area (Å²) in [5, 5.41) is 14.6. The van der Waals surface area contributed by atoms with Gasteiger partial charge in [0.2, 0.25) is 0 Å². The number of carbonyl (C=O) groups excluding carboxylic acids is 1. The summed E-state index contributed by atoms with van der Waals surface area (Å²) in [7, 11) is 3.34. The number of nitrogens with one attached hydrogen (secondary N) is 2. The predicted octanol–water partition coefficient (Wildman–Crippen LogP) is 4.11. The first-order chi connectivity index (χ1) is 14.9. The van der Waals surface area contributed by atoms with E-state index in [-0.39, 0.29) is 5.91 Å². The van der Waals surface area contributed by atoms with Gasteiger partial charge in [-0.3, -0.25) is 19.6 Å². The minimum absolute atomic E-state index is 0.242. The van der Waals surface area contributed by atoms with Crippen LogP contribution in [0.15, 0.2) is 30.5 Å². The average Bonchev–Trinajstić information content (AvgIpc) is 3.48. The number of nitrogens with zero attached hydrogens (tertiary/aromatic N) is 4. The highest BCUT2D eigenvalue weighted by Crippen LogP contribution is 2.42. The third-order valence-electron chi connectivity index (χ3n) is 6.06. The van der Waals surface area contributed by atoms with E-state index < -0.39 is 0 Å². The summed E-state index contributed by atoms with van der Waals surface area (Å²) >= 11 is 0. The second-order valence-electron chi connectivity index (χ2n) is 8.62. The number of aromatic amines is 1. The molecule has 2 N–H and O–H groups in total. The first kappa shape index (κ1) is 21.2.